The summed E-state index contributed by atoms with van der Waals surface area (Å²) in [4.78, 5) is 8.14. The SMILES string of the molecule is CC(C)(C)Nc1cccc(-c2ccc(N=C(N)N)nc2)c1. The molecule has 0 fully saturated rings. The van der Waals surface area contributed by atoms with E-state index < -0.39 is 0 Å². The minimum atomic E-state index is 0.00613. The lowest BCUT2D eigenvalue weighted by Gasteiger charge is -2.22. The number of aromatic nitrogens is 1. The van der Waals surface area contributed by atoms with Gasteiger partial charge in [0.15, 0.2) is 11.8 Å². The molecule has 1 aromatic heterocycles. The molecule has 0 bridgehead atoms. The van der Waals surface area contributed by atoms with Crippen LogP contribution >= 0.6 is 0 Å². The van der Waals surface area contributed by atoms with Crippen molar-refractivity contribution in [3.8, 4) is 11.1 Å². The summed E-state index contributed by atoms with van der Waals surface area (Å²) in [5.74, 6) is 0.509. The Kier molecular flexibility index (Phi) is 4.12. The molecule has 5 N–H and O–H groups in total. The number of nitrogens with one attached hydrogen (secondary N) is 1. The summed E-state index contributed by atoms with van der Waals surface area (Å²) in [6.07, 6.45) is 1.76. The first kappa shape index (κ1) is 14.8. The second-order valence-corrected chi connectivity index (χ2v) is 5.90. The maximum atomic E-state index is 5.33. The van der Waals surface area contributed by atoms with E-state index in [0.717, 1.165) is 16.8 Å². The van der Waals surface area contributed by atoms with Crippen LogP contribution in [0.3, 0.4) is 0 Å². The molecule has 2 rings (SSSR count). The third-order valence-corrected chi connectivity index (χ3v) is 2.71. The highest BCUT2D eigenvalue weighted by Gasteiger charge is 2.09. The fourth-order valence-corrected chi connectivity index (χ4v) is 1.96. The number of nitrogens with two attached hydrogens (primary N) is 2. The van der Waals surface area contributed by atoms with Crippen molar-refractivity contribution in [3.63, 3.8) is 0 Å². The zero-order valence-electron chi connectivity index (χ0n) is 12.6. The van der Waals surface area contributed by atoms with Crippen molar-refractivity contribution in [2.24, 2.45) is 16.5 Å². The van der Waals surface area contributed by atoms with E-state index >= 15 is 0 Å². The molecule has 0 aliphatic carbocycles. The number of guanidine groups is 1. The summed E-state index contributed by atoms with van der Waals surface area (Å²) in [6, 6.07) is 12.0. The minimum absolute atomic E-state index is 0.00613. The van der Waals surface area contributed by atoms with Crippen LogP contribution in [0.4, 0.5) is 11.5 Å². The Hall–Kier alpha value is -2.56. The fourth-order valence-electron chi connectivity index (χ4n) is 1.96. The van der Waals surface area contributed by atoms with Gasteiger partial charge >= 0.3 is 0 Å². The van der Waals surface area contributed by atoms with Gasteiger partial charge in [-0.3, -0.25) is 0 Å². The fraction of sp³-hybridized carbons (Fsp3) is 0.250. The molecule has 5 heteroatoms. The topological polar surface area (TPSA) is 89.3 Å². The van der Waals surface area contributed by atoms with Crippen LogP contribution in [0.15, 0.2) is 47.6 Å². The average molecular weight is 283 g/mol. The maximum Gasteiger partial charge on any atom is 0.192 e. The van der Waals surface area contributed by atoms with Crippen molar-refractivity contribution in [2.45, 2.75) is 26.3 Å². The van der Waals surface area contributed by atoms with Crippen molar-refractivity contribution in [3.05, 3.63) is 42.6 Å². The largest absolute Gasteiger partial charge is 0.380 e. The highest BCUT2D eigenvalue weighted by atomic mass is 15.0. The Bertz CT molecular complexity index is 634. The van der Waals surface area contributed by atoms with Gasteiger partial charge in [-0.15, -0.1) is 0 Å². The summed E-state index contributed by atoms with van der Waals surface area (Å²) in [5, 5.41) is 3.45. The van der Waals surface area contributed by atoms with Gasteiger partial charge < -0.3 is 16.8 Å². The maximum absolute atomic E-state index is 5.33. The lowest BCUT2D eigenvalue weighted by Crippen LogP contribution is -2.25. The molecule has 2 aromatic rings. The molecule has 0 aliphatic rings. The van der Waals surface area contributed by atoms with E-state index in [4.69, 9.17) is 11.5 Å². The van der Waals surface area contributed by atoms with E-state index in [1.165, 1.54) is 0 Å². The number of benzene rings is 1. The van der Waals surface area contributed by atoms with Crippen LogP contribution in [-0.2, 0) is 0 Å². The lowest BCUT2D eigenvalue weighted by molar-refractivity contribution is 0.634. The number of pyridine rings is 1. The Balaban J connectivity index is 2.26. The summed E-state index contributed by atoms with van der Waals surface area (Å²) in [5.41, 5.74) is 13.9. The number of hydrogen-bond acceptors (Lipinski definition) is 3. The van der Waals surface area contributed by atoms with Gasteiger partial charge in [0.25, 0.3) is 0 Å². The van der Waals surface area contributed by atoms with E-state index in [1.807, 2.05) is 18.2 Å². The molecule has 0 saturated heterocycles. The van der Waals surface area contributed by atoms with Crippen LogP contribution in [0, 0.1) is 0 Å². The molecule has 5 nitrogen and oxygen atoms in total. The van der Waals surface area contributed by atoms with E-state index in [1.54, 1.807) is 12.3 Å². The highest BCUT2D eigenvalue weighted by Crippen LogP contribution is 2.24. The molecule has 110 valence electrons. The molecule has 0 saturated carbocycles. The molecule has 0 unspecified atom stereocenters. The molecule has 1 heterocycles. The summed E-state index contributed by atoms with van der Waals surface area (Å²) in [7, 11) is 0. The van der Waals surface area contributed by atoms with Crippen LogP contribution in [0.1, 0.15) is 20.8 Å². The molecule has 1 aromatic carbocycles. The smallest absolute Gasteiger partial charge is 0.192 e. The normalized spacial score (nSPS) is 11.0. The number of anilines is 1. The molecule has 0 amide bonds. The Morgan fingerprint density at radius 3 is 2.43 bits per heavy atom. The van der Waals surface area contributed by atoms with Gasteiger partial charge in [0.05, 0.1) is 0 Å². The second-order valence-electron chi connectivity index (χ2n) is 5.90. The Morgan fingerprint density at radius 2 is 1.86 bits per heavy atom. The van der Waals surface area contributed by atoms with Crippen LogP contribution in [0.2, 0.25) is 0 Å². The van der Waals surface area contributed by atoms with E-state index in [2.05, 4.69) is 48.2 Å². The van der Waals surface area contributed by atoms with Gasteiger partial charge in [0.2, 0.25) is 0 Å². The molecular formula is C16H21N5. The Morgan fingerprint density at radius 1 is 1.10 bits per heavy atom. The molecule has 0 aliphatic heterocycles. The van der Waals surface area contributed by atoms with Crippen LogP contribution in [0.25, 0.3) is 11.1 Å². The van der Waals surface area contributed by atoms with Gasteiger partial charge in [-0.05, 0) is 50.6 Å². The van der Waals surface area contributed by atoms with Crippen LogP contribution in [-0.4, -0.2) is 16.5 Å². The third-order valence-electron chi connectivity index (χ3n) is 2.71. The zero-order valence-corrected chi connectivity index (χ0v) is 12.6. The van der Waals surface area contributed by atoms with Crippen molar-refractivity contribution >= 4 is 17.5 Å². The summed E-state index contributed by atoms with van der Waals surface area (Å²) < 4.78 is 0. The van der Waals surface area contributed by atoms with E-state index in [-0.39, 0.29) is 11.5 Å². The minimum Gasteiger partial charge on any atom is -0.380 e. The quantitative estimate of drug-likeness (QED) is 0.597. The average Bonchev–Trinajstić information content (AvgIpc) is 2.37. The third kappa shape index (κ3) is 4.49. The lowest BCUT2D eigenvalue weighted by atomic mass is 10.0. The first-order chi connectivity index (χ1) is 9.83. The molecule has 0 atom stereocenters. The van der Waals surface area contributed by atoms with E-state index in [9.17, 15) is 0 Å². The molecule has 0 radical (unpaired) electrons. The van der Waals surface area contributed by atoms with Crippen LogP contribution in [0.5, 0.6) is 0 Å². The highest BCUT2D eigenvalue weighted by molar-refractivity contribution is 5.78. The van der Waals surface area contributed by atoms with Crippen molar-refractivity contribution in [1.82, 2.24) is 4.98 Å². The van der Waals surface area contributed by atoms with Gasteiger partial charge in [-0.2, -0.15) is 4.99 Å². The van der Waals surface area contributed by atoms with Crippen molar-refractivity contribution < 1.29 is 0 Å². The molecule has 0 spiro atoms. The monoisotopic (exact) mass is 283 g/mol. The van der Waals surface area contributed by atoms with Crippen LogP contribution < -0.4 is 16.8 Å². The predicted octanol–water partition coefficient (Wildman–Crippen LogP) is 2.86. The van der Waals surface area contributed by atoms with Gasteiger partial charge in [0, 0.05) is 23.0 Å². The first-order valence-electron chi connectivity index (χ1n) is 6.78. The van der Waals surface area contributed by atoms with Gasteiger partial charge in [-0.25, -0.2) is 4.98 Å². The number of nitrogens with zero attached hydrogens (tertiary/aromatic N) is 2. The Labute approximate surface area is 125 Å². The molecule has 21 heavy (non-hydrogen) atoms. The number of aliphatic imine (C=N–C) groups is 1. The predicted molar refractivity (Wildman–Crippen MR) is 88.5 cm³/mol. The van der Waals surface area contributed by atoms with Gasteiger partial charge in [-0.1, -0.05) is 12.1 Å². The second kappa shape index (κ2) is 5.83. The molecular weight excluding hydrogens is 262 g/mol. The van der Waals surface area contributed by atoms with E-state index in [0.29, 0.717) is 5.82 Å². The zero-order chi connectivity index (χ0) is 15.5. The first-order valence-corrected chi connectivity index (χ1v) is 6.78. The summed E-state index contributed by atoms with van der Waals surface area (Å²) in [6.45, 7) is 6.39. The van der Waals surface area contributed by atoms with Gasteiger partial charge in [0.1, 0.15) is 0 Å². The number of rotatable bonds is 3. The van der Waals surface area contributed by atoms with Crippen molar-refractivity contribution in [2.75, 3.05) is 5.32 Å². The number of hydrogen-bond donors (Lipinski definition) is 3. The summed E-state index contributed by atoms with van der Waals surface area (Å²) >= 11 is 0. The van der Waals surface area contributed by atoms with Crippen molar-refractivity contribution in [1.29, 1.82) is 0 Å². The standard InChI is InChI=1S/C16H21N5/c1-16(2,3)21-13-6-4-5-11(9-13)12-7-8-14(19-10-12)20-15(17)18/h4-10,21H,1-3H3,(H4,17,18,19,20).